The summed E-state index contributed by atoms with van der Waals surface area (Å²) in [5, 5.41) is 12.4. The van der Waals surface area contributed by atoms with Crippen molar-refractivity contribution in [1.29, 1.82) is 0 Å². The van der Waals surface area contributed by atoms with Crippen LogP contribution in [0.5, 0.6) is 0 Å². The molecule has 8 heteroatoms. The molecule has 2 aliphatic rings. The number of carbonyl (C=O) groups is 1. The first-order valence-electron chi connectivity index (χ1n) is 8.49. The van der Waals surface area contributed by atoms with Gasteiger partial charge in [0.15, 0.2) is 0 Å². The average molecular weight is 329 g/mol. The van der Waals surface area contributed by atoms with Crippen LogP contribution in [0.15, 0.2) is 24.8 Å². The van der Waals surface area contributed by atoms with E-state index in [1.165, 1.54) is 6.42 Å². The number of carbonyl (C=O) groups excluding carboxylic acids is 1. The van der Waals surface area contributed by atoms with E-state index in [1.54, 1.807) is 12.4 Å². The van der Waals surface area contributed by atoms with Crippen molar-refractivity contribution in [2.45, 2.75) is 37.4 Å². The Morgan fingerprint density at radius 1 is 1.25 bits per heavy atom. The van der Waals surface area contributed by atoms with Crippen LogP contribution < -0.4 is 0 Å². The van der Waals surface area contributed by atoms with E-state index in [2.05, 4.69) is 20.3 Å². The Bertz CT molecular complexity index is 704. The molecule has 4 rings (SSSR count). The van der Waals surface area contributed by atoms with Crippen LogP contribution in [0.3, 0.4) is 0 Å². The van der Waals surface area contributed by atoms with Crippen molar-refractivity contribution < 1.29 is 4.79 Å². The van der Waals surface area contributed by atoms with E-state index >= 15 is 0 Å². The van der Waals surface area contributed by atoms with Gasteiger partial charge < -0.3 is 9.80 Å². The number of amides is 1. The summed E-state index contributed by atoms with van der Waals surface area (Å²) in [5.74, 6) is 0.0510. The monoisotopic (exact) mass is 329 g/mol. The third-order valence-electron chi connectivity index (χ3n) is 5.29. The molecule has 2 aromatic rings. The summed E-state index contributed by atoms with van der Waals surface area (Å²) in [5.41, 5.74) is 0.679. The highest BCUT2D eigenvalue weighted by Crippen LogP contribution is 2.31. The summed E-state index contributed by atoms with van der Waals surface area (Å²) in [6.45, 7) is 1.32. The Morgan fingerprint density at radius 2 is 2.08 bits per heavy atom. The summed E-state index contributed by atoms with van der Waals surface area (Å²) in [6, 6.07) is 0.813. The first-order valence-corrected chi connectivity index (χ1v) is 8.49. The van der Waals surface area contributed by atoms with E-state index in [1.807, 2.05) is 40.8 Å². The molecule has 0 radical (unpaired) electrons. The van der Waals surface area contributed by atoms with Crippen LogP contribution in [0.25, 0.3) is 0 Å². The van der Waals surface area contributed by atoms with Crippen molar-refractivity contribution in [1.82, 2.24) is 34.6 Å². The molecule has 1 aliphatic carbocycles. The third-order valence-corrected chi connectivity index (χ3v) is 5.29. The highest BCUT2D eigenvalue weighted by Gasteiger charge is 2.38. The van der Waals surface area contributed by atoms with Gasteiger partial charge in [0, 0.05) is 25.5 Å². The van der Waals surface area contributed by atoms with E-state index in [9.17, 15) is 4.79 Å². The van der Waals surface area contributed by atoms with Gasteiger partial charge in [0.1, 0.15) is 0 Å². The molecule has 0 spiro atoms. The number of aromatic nitrogens is 5. The third kappa shape index (κ3) is 2.60. The fraction of sp³-hybridized carbons (Fsp3) is 0.625. The van der Waals surface area contributed by atoms with Crippen molar-refractivity contribution in [2.24, 2.45) is 0 Å². The molecule has 3 heterocycles. The molecule has 1 saturated carbocycles. The second-order valence-electron chi connectivity index (χ2n) is 6.99. The fourth-order valence-electron chi connectivity index (χ4n) is 3.58. The van der Waals surface area contributed by atoms with Crippen LogP contribution in [-0.4, -0.2) is 73.7 Å². The van der Waals surface area contributed by atoms with E-state index in [4.69, 9.17) is 0 Å². The SMILES string of the molecule is CN(C)[C@@H]1CN(C(=O)c2cnn(C3CCC3)c2)C[C@@H]1n1ccnn1. The second kappa shape index (κ2) is 6.01. The van der Waals surface area contributed by atoms with Gasteiger partial charge in [0.05, 0.1) is 36.1 Å². The zero-order valence-corrected chi connectivity index (χ0v) is 14.1. The highest BCUT2D eigenvalue weighted by molar-refractivity contribution is 5.94. The lowest BCUT2D eigenvalue weighted by Gasteiger charge is -2.25. The highest BCUT2D eigenvalue weighted by atomic mass is 16.2. The van der Waals surface area contributed by atoms with E-state index in [-0.39, 0.29) is 18.0 Å². The van der Waals surface area contributed by atoms with E-state index < -0.39 is 0 Å². The largest absolute Gasteiger partial charge is 0.335 e. The van der Waals surface area contributed by atoms with Gasteiger partial charge in [-0.15, -0.1) is 5.10 Å². The zero-order valence-electron chi connectivity index (χ0n) is 14.1. The minimum Gasteiger partial charge on any atom is -0.335 e. The van der Waals surface area contributed by atoms with Crippen LogP contribution in [0.1, 0.15) is 41.7 Å². The lowest BCUT2D eigenvalue weighted by molar-refractivity contribution is 0.0780. The van der Waals surface area contributed by atoms with Crippen LogP contribution in [0, 0.1) is 0 Å². The molecule has 24 heavy (non-hydrogen) atoms. The number of likely N-dealkylation sites (N-methyl/N-ethyl adjacent to an activating group) is 1. The molecular formula is C16H23N7O. The van der Waals surface area contributed by atoms with Gasteiger partial charge in [-0.2, -0.15) is 5.10 Å². The van der Waals surface area contributed by atoms with Gasteiger partial charge in [-0.25, -0.2) is 4.68 Å². The Hall–Kier alpha value is -2.22. The first-order chi connectivity index (χ1) is 11.6. The molecule has 0 aromatic carbocycles. The van der Waals surface area contributed by atoms with Crippen molar-refractivity contribution in [3.8, 4) is 0 Å². The summed E-state index contributed by atoms with van der Waals surface area (Å²) < 4.78 is 3.81. The minimum atomic E-state index is 0.0510. The lowest BCUT2D eigenvalue weighted by atomic mass is 9.93. The van der Waals surface area contributed by atoms with Crippen LogP contribution in [0.2, 0.25) is 0 Å². The molecule has 0 unspecified atom stereocenters. The fourth-order valence-corrected chi connectivity index (χ4v) is 3.58. The minimum absolute atomic E-state index is 0.0510. The quantitative estimate of drug-likeness (QED) is 0.831. The number of rotatable bonds is 4. The summed E-state index contributed by atoms with van der Waals surface area (Å²) in [4.78, 5) is 16.9. The van der Waals surface area contributed by atoms with Gasteiger partial charge in [0.2, 0.25) is 0 Å². The maximum atomic E-state index is 12.9. The molecule has 1 amide bonds. The number of hydrogen-bond acceptors (Lipinski definition) is 5. The predicted octanol–water partition coefficient (Wildman–Crippen LogP) is 0.827. The molecule has 2 aromatic heterocycles. The lowest BCUT2D eigenvalue weighted by Crippen LogP contribution is -2.37. The zero-order chi connectivity index (χ0) is 16.7. The Morgan fingerprint density at radius 3 is 2.71 bits per heavy atom. The molecule has 1 saturated heterocycles. The van der Waals surface area contributed by atoms with E-state index in [0.29, 0.717) is 24.7 Å². The Balaban J connectivity index is 1.51. The normalized spacial score (nSPS) is 24.5. The van der Waals surface area contributed by atoms with Crippen LogP contribution >= 0.6 is 0 Å². The molecule has 8 nitrogen and oxygen atoms in total. The molecular weight excluding hydrogens is 306 g/mol. The van der Waals surface area contributed by atoms with E-state index in [0.717, 1.165) is 12.8 Å². The number of nitrogens with zero attached hydrogens (tertiary/aromatic N) is 7. The summed E-state index contributed by atoms with van der Waals surface area (Å²) in [6.07, 6.45) is 10.7. The van der Waals surface area contributed by atoms with Gasteiger partial charge in [-0.1, -0.05) is 5.21 Å². The standard InChI is InChI=1S/C16H23N7O/c1-20(2)14-10-21(11-15(14)22-7-6-17-19-22)16(24)12-8-18-23(9-12)13-4-3-5-13/h6-9,13-15H,3-5,10-11H2,1-2H3/t14-,15+/m1/s1. The first kappa shape index (κ1) is 15.3. The van der Waals surface area contributed by atoms with Crippen molar-refractivity contribution in [3.05, 3.63) is 30.4 Å². The van der Waals surface area contributed by atoms with Gasteiger partial charge in [-0.05, 0) is 33.4 Å². The maximum Gasteiger partial charge on any atom is 0.257 e. The molecule has 2 fully saturated rings. The molecule has 0 bridgehead atoms. The Labute approximate surface area is 141 Å². The van der Waals surface area contributed by atoms with Crippen LogP contribution in [0.4, 0.5) is 0 Å². The molecule has 128 valence electrons. The predicted molar refractivity (Wildman–Crippen MR) is 87.6 cm³/mol. The molecule has 0 N–H and O–H groups in total. The van der Waals surface area contributed by atoms with Crippen molar-refractivity contribution >= 4 is 5.91 Å². The van der Waals surface area contributed by atoms with Gasteiger partial charge >= 0.3 is 0 Å². The summed E-state index contributed by atoms with van der Waals surface area (Å²) in [7, 11) is 4.08. The van der Waals surface area contributed by atoms with Gasteiger partial charge in [0.25, 0.3) is 5.91 Å². The number of hydrogen-bond donors (Lipinski definition) is 0. The summed E-state index contributed by atoms with van der Waals surface area (Å²) >= 11 is 0. The molecule has 1 aliphatic heterocycles. The van der Waals surface area contributed by atoms with Crippen molar-refractivity contribution in [3.63, 3.8) is 0 Å². The van der Waals surface area contributed by atoms with Gasteiger partial charge in [-0.3, -0.25) is 9.48 Å². The maximum absolute atomic E-state index is 12.9. The smallest absolute Gasteiger partial charge is 0.257 e. The molecule has 2 atom stereocenters. The number of likely N-dealkylation sites (tertiary alicyclic amines) is 1. The second-order valence-corrected chi connectivity index (χ2v) is 6.99. The van der Waals surface area contributed by atoms with Crippen molar-refractivity contribution in [2.75, 3.05) is 27.2 Å². The van der Waals surface area contributed by atoms with Crippen LogP contribution in [-0.2, 0) is 0 Å². The topological polar surface area (TPSA) is 72.1 Å². The Kier molecular flexibility index (Phi) is 3.84. The average Bonchev–Trinajstić information content (AvgIpc) is 3.24.